The fourth-order valence-electron chi connectivity index (χ4n) is 1.92. The summed E-state index contributed by atoms with van der Waals surface area (Å²) >= 11 is 0. The lowest BCUT2D eigenvalue weighted by molar-refractivity contribution is 0.0292. The van der Waals surface area contributed by atoms with Crippen molar-refractivity contribution in [3.8, 4) is 5.75 Å². The number of rotatable bonds is 5. The standard InChI is InChI=1S/C14H14N4O6/c1-24-13-5-3-2-4-12(13)16-14(19)15-9-6-10(17(20)21)8-11(7-9)18(22)23/h2-8,20-21H,1H3,(H2,15,16,19)/q-2. The molecular formula is C14H14N4O6-2. The lowest BCUT2D eigenvalue weighted by atomic mass is 10.2. The minimum atomic E-state index is -0.726. The van der Waals surface area contributed by atoms with Gasteiger partial charge < -0.3 is 31.0 Å². The molecule has 2 aromatic rings. The second-order valence-electron chi connectivity index (χ2n) is 4.56. The third kappa shape index (κ3) is 4.24. The maximum Gasteiger partial charge on any atom is 0.323 e. The molecule has 10 heteroatoms. The SMILES string of the molecule is COc1ccccc1NC(=O)Nc1cc(N([O-])[O-])cc(N(O)O)c1. The van der Waals surface area contributed by atoms with Gasteiger partial charge in [-0.15, -0.1) is 5.23 Å². The largest absolute Gasteiger partial charge is 0.769 e. The number of nitrogens with zero attached hydrogens (tertiary/aromatic N) is 2. The van der Waals surface area contributed by atoms with Crippen molar-refractivity contribution in [3.05, 3.63) is 52.9 Å². The van der Waals surface area contributed by atoms with Crippen LogP contribution >= 0.6 is 0 Å². The van der Waals surface area contributed by atoms with E-state index in [1.54, 1.807) is 24.3 Å². The number of anilines is 4. The maximum absolute atomic E-state index is 12.0. The summed E-state index contributed by atoms with van der Waals surface area (Å²) in [6.45, 7) is 0. The average Bonchev–Trinajstić information content (AvgIpc) is 2.54. The van der Waals surface area contributed by atoms with Gasteiger partial charge in [0.25, 0.3) is 0 Å². The Morgan fingerprint density at radius 3 is 2.38 bits per heavy atom. The number of hydrogen-bond donors (Lipinski definition) is 4. The van der Waals surface area contributed by atoms with Gasteiger partial charge in [0.2, 0.25) is 0 Å². The van der Waals surface area contributed by atoms with Crippen molar-refractivity contribution in [3.63, 3.8) is 0 Å². The van der Waals surface area contributed by atoms with Crippen LogP contribution in [0.3, 0.4) is 0 Å². The third-order valence-electron chi connectivity index (χ3n) is 2.96. The number of amides is 2. The molecule has 0 radical (unpaired) electrons. The first-order valence-electron chi connectivity index (χ1n) is 6.59. The summed E-state index contributed by atoms with van der Waals surface area (Å²) in [6, 6.07) is 9.16. The number of benzene rings is 2. The Labute approximate surface area is 136 Å². The molecule has 0 unspecified atom stereocenters. The van der Waals surface area contributed by atoms with Crippen LogP contribution in [0.25, 0.3) is 0 Å². The summed E-state index contributed by atoms with van der Waals surface area (Å²) in [7, 11) is 1.45. The van der Waals surface area contributed by atoms with Crippen LogP contribution in [0.15, 0.2) is 42.5 Å². The van der Waals surface area contributed by atoms with Gasteiger partial charge >= 0.3 is 6.03 Å². The molecule has 24 heavy (non-hydrogen) atoms. The number of urea groups is 1. The number of para-hydroxylation sites is 2. The molecule has 0 aliphatic rings. The Kier molecular flexibility index (Phi) is 5.39. The van der Waals surface area contributed by atoms with E-state index in [0.29, 0.717) is 11.4 Å². The van der Waals surface area contributed by atoms with E-state index in [2.05, 4.69) is 10.6 Å². The van der Waals surface area contributed by atoms with Gasteiger partial charge in [0.1, 0.15) is 5.75 Å². The molecule has 0 spiro atoms. The first kappa shape index (κ1) is 17.3. The Hall–Kier alpha value is -3.05. The second kappa shape index (κ2) is 7.48. The summed E-state index contributed by atoms with van der Waals surface area (Å²) in [5.74, 6) is 0.435. The summed E-state index contributed by atoms with van der Waals surface area (Å²) in [5.41, 5.74) is -0.307. The van der Waals surface area contributed by atoms with Crippen molar-refractivity contribution in [1.82, 2.24) is 0 Å². The Morgan fingerprint density at radius 2 is 1.75 bits per heavy atom. The van der Waals surface area contributed by atoms with E-state index in [4.69, 9.17) is 15.2 Å². The second-order valence-corrected chi connectivity index (χ2v) is 4.56. The molecule has 128 valence electrons. The van der Waals surface area contributed by atoms with E-state index < -0.39 is 16.9 Å². The zero-order valence-electron chi connectivity index (χ0n) is 12.5. The first-order chi connectivity index (χ1) is 11.4. The van der Waals surface area contributed by atoms with Crippen molar-refractivity contribution >= 4 is 28.8 Å². The molecule has 0 aromatic heterocycles. The lowest BCUT2D eigenvalue weighted by Gasteiger charge is -2.38. The van der Waals surface area contributed by atoms with Gasteiger partial charge in [-0.2, -0.15) is 0 Å². The van der Waals surface area contributed by atoms with E-state index in [-0.39, 0.29) is 16.6 Å². The average molecular weight is 334 g/mol. The smallest absolute Gasteiger partial charge is 0.323 e. The molecule has 2 aromatic carbocycles. The number of carbonyl (C=O) groups is 1. The van der Waals surface area contributed by atoms with Crippen LogP contribution in [0.1, 0.15) is 0 Å². The van der Waals surface area contributed by atoms with Crippen molar-refractivity contribution in [2.24, 2.45) is 0 Å². The van der Waals surface area contributed by atoms with Crippen LogP contribution in [-0.2, 0) is 0 Å². The summed E-state index contributed by atoms with van der Waals surface area (Å²) in [4.78, 5) is 12.0. The van der Waals surface area contributed by atoms with E-state index in [9.17, 15) is 15.2 Å². The number of ether oxygens (including phenoxy) is 1. The van der Waals surface area contributed by atoms with Gasteiger partial charge in [0.15, 0.2) is 0 Å². The van der Waals surface area contributed by atoms with Gasteiger partial charge in [-0.1, -0.05) is 12.1 Å². The fourth-order valence-corrected chi connectivity index (χ4v) is 1.92. The highest BCUT2D eigenvalue weighted by Gasteiger charge is 2.09. The lowest BCUT2D eigenvalue weighted by Crippen LogP contribution is -2.20. The van der Waals surface area contributed by atoms with E-state index in [0.717, 1.165) is 18.2 Å². The molecule has 0 atom stereocenters. The zero-order valence-corrected chi connectivity index (χ0v) is 12.5. The molecule has 0 aliphatic carbocycles. The van der Waals surface area contributed by atoms with Crippen LogP contribution in [-0.4, -0.2) is 23.6 Å². The van der Waals surface area contributed by atoms with Gasteiger partial charge in [-0.25, -0.2) is 4.79 Å². The minimum Gasteiger partial charge on any atom is -0.769 e. The molecule has 10 nitrogen and oxygen atoms in total. The molecule has 4 N–H and O–H groups in total. The number of methoxy groups -OCH3 is 1. The number of hydrogen-bond acceptors (Lipinski definition) is 8. The summed E-state index contributed by atoms with van der Waals surface area (Å²) < 4.78 is 5.09. The first-order valence-corrected chi connectivity index (χ1v) is 6.59. The van der Waals surface area contributed by atoms with Crippen LogP contribution in [0.2, 0.25) is 0 Å². The van der Waals surface area contributed by atoms with Crippen molar-refractivity contribution < 1.29 is 19.9 Å². The molecule has 2 rings (SSSR count). The van der Waals surface area contributed by atoms with Crippen LogP contribution in [0.5, 0.6) is 5.75 Å². The molecule has 0 saturated heterocycles. The fraction of sp³-hybridized carbons (Fsp3) is 0.0714. The monoisotopic (exact) mass is 334 g/mol. The third-order valence-corrected chi connectivity index (χ3v) is 2.96. The Bertz CT molecular complexity index is 696. The molecule has 0 heterocycles. The Morgan fingerprint density at radius 1 is 1.08 bits per heavy atom. The summed E-state index contributed by atoms with van der Waals surface area (Å²) in [5, 5.41) is 43.7. The van der Waals surface area contributed by atoms with E-state index >= 15 is 0 Å². The topological polar surface area (TPSA) is 143 Å². The van der Waals surface area contributed by atoms with Crippen LogP contribution in [0, 0.1) is 10.4 Å². The van der Waals surface area contributed by atoms with E-state index in [1.807, 2.05) is 0 Å². The molecule has 0 saturated carbocycles. The van der Waals surface area contributed by atoms with Gasteiger partial charge in [-0.3, -0.25) is 10.4 Å². The molecule has 2 amide bonds. The van der Waals surface area contributed by atoms with Crippen molar-refractivity contribution in [1.29, 1.82) is 0 Å². The van der Waals surface area contributed by atoms with Gasteiger partial charge in [-0.05, 0) is 30.3 Å². The number of carbonyl (C=O) groups excluding carboxylic acids is 1. The highest BCUT2D eigenvalue weighted by molar-refractivity contribution is 6.01. The quantitative estimate of drug-likeness (QED) is 0.611. The van der Waals surface area contributed by atoms with Crippen molar-refractivity contribution in [2.75, 3.05) is 28.2 Å². The van der Waals surface area contributed by atoms with Crippen LogP contribution < -0.4 is 25.8 Å². The van der Waals surface area contributed by atoms with Gasteiger partial charge in [0.05, 0.1) is 18.5 Å². The molecule has 0 fully saturated rings. The van der Waals surface area contributed by atoms with E-state index in [1.165, 1.54) is 7.11 Å². The summed E-state index contributed by atoms with van der Waals surface area (Å²) in [6.07, 6.45) is 0. The molecule has 0 bridgehead atoms. The highest BCUT2D eigenvalue weighted by atomic mass is 16.8. The zero-order chi connectivity index (χ0) is 17.7. The predicted octanol–water partition coefficient (Wildman–Crippen LogP) is 2.73. The maximum atomic E-state index is 12.0. The minimum absolute atomic E-state index is 0.000280. The van der Waals surface area contributed by atoms with Crippen LogP contribution in [0.4, 0.5) is 27.5 Å². The Balaban J connectivity index is 2.19. The normalized spacial score (nSPS) is 10.0. The predicted molar refractivity (Wildman–Crippen MR) is 87.3 cm³/mol. The van der Waals surface area contributed by atoms with Crippen molar-refractivity contribution in [2.45, 2.75) is 0 Å². The molecular weight excluding hydrogens is 320 g/mol. The number of nitrogens with one attached hydrogen (secondary N) is 2. The highest BCUT2D eigenvalue weighted by Crippen LogP contribution is 2.27. The molecule has 0 aliphatic heterocycles. The van der Waals surface area contributed by atoms with Gasteiger partial charge in [0, 0.05) is 11.4 Å².